The summed E-state index contributed by atoms with van der Waals surface area (Å²) in [5.41, 5.74) is 0.159. The SMILES string of the molecule is O=c1oc2cc(O[C@@H]3O[C@H](CO)[C@@H](O)[C@H](O)[C@H]3O)cc(Cl)c2c2cccc(CCO)c12. The second-order valence-electron chi connectivity index (χ2n) is 7.30. The molecule has 2 heterocycles. The molecule has 1 aliphatic heterocycles. The molecule has 0 saturated carbocycles. The Balaban J connectivity index is 1.76. The molecule has 166 valence electrons. The Morgan fingerprint density at radius 3 is 2.52 bits per heavy atom. The standard InChI is InChI=1S/C21H21ClO9/c22-12-6-10(29-21-19(27)18(26)17(25)14(8-24)31-21)7-13-16(12)11-3-1-2-9(4-5-23)15(11)20(28)30-13/h1-3,6-7,14,17-19,21,23-27H,4-5,8H2/t14-,17-,18+,19-,21-/m1/s1. The minimum Gasteiger partial charge on any atom is -0.462 e. The van der Waals surface area contributed by atoms with Crippen LogP contribution in [0.3, 0.4) is 0 Å². The molecule has 3 aromatic rings. The van der Waals surface area contributed by atoms with Crippen molar-refractivity contribution in [1.29, 1.82) is 0 Å². The van der Waals surface area contributed by atoms with Gasteiger partial charge in [0.15, 0.2) is 0 Å². The highest BCUT2D eigenvalue weighted by Gasteiger charge is 2.44. The highest BCUT2D eigenvalue weighted by atomic mass is 35.5. The number of hydrogen-bond acceptors (Lipinski definition) is 9. The normalized spacial score (nSPS) is 26.5. The fourth-order valence-corrected chi connectivity index (χ4v) is 4.10. The number of aliphatic hydroxyl groups is 5. The first-order valence-corrected chi connectivity index (χ1v) is 9.99. The van der Waals surface area contributed by atoms with Gasteiger partial charge in [0.25, 0.3) is 0 Å². The number of benzene rings is 2. The minimum absolute atomic E-state index is 0.0795. The molecule has 10 heteroatoms. The lowest BCUT2D eigenvalue weighted by atomic mass is 9.99. The zero-order valence-corrected chi connectivity index (χ0v) is 16.9. The molecular formula is C21H21ClO9. The van der Waals surface area contributed by atoms with Gasteiger partial charge in [-0.3, -0.25) is 0 Å². The van der Waals surface area contributed by atoms with Crippen LogP contribution < -0.4 is 10.4 Å². The number of ether oxygens (including phenoxy) is 2. The molecule has 2 aromatic carbocycles. The molecule has 0 aliphatic carbocycles. The van der Waals surface area contributed by atoms with Gasteiger partial charge in [0, 0.05) is 23.4 Å². The Morgan fingerprint density at radius 1 is 1.03 bits per heavy atom. The van der Waals surface area contributed by atoms with Gasteiger partial charge >= 0.3 is 5.63 Å². The summed E-state index contributed by atoms with van der Waals surface area (Å²) in [5.74, 6) is 0.0795. The third-order valence-corrected chi connectivity index (χ3v) is 5.63. The molecule has 1 saturated heterocycles. The smallest absolute Gasteiger partial charge is 0.344 e. The van der Waals surface area contributed by atoms with E-state index in [0.717, 1.165) is 0 Å². The minimum atomic E-state index is -1.60. The summed E-state index contributed by atoms with van der Waals surface area (Å²) < 4.78 is 16.4. The Bertz CT molecular complexity index is 1160. The maximum atomic E-state index is 12.6. The van der Waals surface area contributed by atoms with Crippen LogP contribution in [0.15, 0.2) is 39.5 Å². The van der Waals surface area contributed by atoms with Crippen molar-refractivity contribution < 1.29 is 39.4 Å². The summed E-state index contributed by atoms with van der Waals surface area (Å²) in [6.07, 6.45) is -6.98. The number of hydrogen-bond donors (Lipinski definition) is 5. The van der Waals surface area contributed by atoms with Crippen molar-refractivity contribution in [3.8, 4) is 5.75 Å². The number of aliphatic hydroxyl groups excluding tert-OH is 5. The molecule has 1 fully saturated rings. The molecule has 0 amide bonds. The van der Waals surface area contributed by atoms with Crippen molar-refractivity contribution >= 4 is 33.3 Å². The predicted molar refractivity (Wildman–Crippen MR) is 110 cm³/mol. The van der Waals surface area contributed by atoms with Gasteiger partial charge < -0.3 is 39.4 Å². The lowest BCUT2D eigenvalue weighted by Gasteiger charge is -2.39. The van der Waals surface area contributed by atoms with Crippen LogP contribution in [0, 0.1) is 0 Å². The molecule has 0 radical (unpaired) electrons. The highest BCUT2D eigenvalue weighted by molar-refractivity contribution is 6.37. The molecule has 0 unspecified atom stereocenters. The number of fused-ring (bicyclic) bond motifs is 3. The van der Waals surface area contributed by atoms with Crippen molar-refractivity contribution in [2.24, 2.45) is 0 Å². The van der Waals surface area contributed by atoms with Crippen LogP contribution in [0.25, 0.3) is 21.7 Å². The fraction of sp³-hybridized carbons (Fsp3) is 0.381. The van der Waals surface area contributed by atoms with Crippen LogP contribution in [0.1, 0.15) is 5.56 Å². The summed E-state index contributed by atoms with van der Waals surface area (Å²) in [4.78, 5) is 12.6. The van der Waals surface area contributed by atoms with Gasteiger partial charge in [-0.1, -0.05) is 29.8 Å². The Morgan fingerprint density at radius 2 is 1.81 bits per heavy atom. The molecule has 5 N–H and O–H groups in total. The van der Waals surface area contributed by atoms with Crippen LogP contribution in [0.2, 0.25) is 5.02 Å². The molecule has 0 bridgehead atoms. The zero-order valence-electron chi connectivity index (χ0n) is 16.1. The number of halogens is 1. The third-order valence-electron chi connectivity index (χ3n) is 5.34. The van der Waals surface area contributed by atoms with Crippen LogP contribution in [0.5, 0.6) is 5.75 Å². The van der Waals surface area contributed by atoms with E-state index in [1.165, 1.54) is 12.1 Å². The third kappa shape index (κ3) is 3.90. The average molecular weight is 453 g/mol. The lowest BCUT2D eigenvalue weighted by Crippen LogP contribution is -2.60. The summed E-state index contributed by atoms with van der Waals surface area (Å²) in [6.45, 7) is -0.726. The van der Waals surface area contributed by atoms with E-state index >= 15 is 0 Å². The molecule has 9 nitrogen and oxygen atoms in total. The molecule has 1 aliphatic rings. The highest BCUT2D eigenvalue weighted by Crippen LogP contribution is 2.35. The van der Waals surface area contributed by atoms with Gasteiger partial charge in [-0.25, -0.2) is 4.79 Å². The van der Waals surface area contributed by atoms with E-state index in [0.29, 0.717) is 21.7 Å². The van der Waals surface area contributed by atoms with Crippen molar-refractivity contribution in [1.82, 2.24) is 0 Å². The lowest BCUT2D eigenvalue weighted by molar-refractivity contribution is -0.277. The van der Waals surface area contributed by atoms with E-state index < -0.39 is 42.9 Å². The molecule has 4 rings (SSSR count). The van der Waals surface area contributed by atoms with Crippen LogP contribution >= 0.6 is 11.6 Å². The molecule has 0 spiro atoms. The second-order valence-corrected chi connectivity index (χ2v) is 7.70. The van der Waals surface area contributed by atoms with Gasteiger partial charge in [-0.15, -0.1) is 0 Å². The molecule has 31 heavy (non-hydrogen) atoms. The van der Waals surface area contributed by atoms with Gasteiger partial charge in [-0.05, 0) is 18.1 Å². The summed E-state index contributed by atoms with van der Waals surface area (Å²) in [5, 5.41) is 50.1. The second kappa shape index (κ2) is 8.71. The summed E-state index contributed by atoms with van der Waals surface area (Å²) in [7, 11) is 0. The quantitative estimate of drug-likeness (QED) is 0.272. The number of rotatable bonds is 5. The largest absolute Gasteiger partial charge is 0.462 e. The van der Waals surface area contributed by atoms with Gasteiger partial charge in [0.1, 0.15) is 35.7 Å². The van der Waals surface area contributed by atoms with Crippen molar-refractivity contribution in [3.63, 3.8) is 0 Å². The summed E-state index contributed by atoms with van der Waals surface area (Å²) >= 11 is 6.46. The van der Waals surface area contributed by atoms with E-state index in [-0.39, 0.29) is 29.4 Å². The van der Waals surface area contributed by atoms with Gasteiger partial charge in [-0.2, -0.15) is 0 Å². The maximum Gasteiger partial charge on any atom is 0.344 e. The van der Waals surface area contributed by atoms with Crippen LogP contribution in [-0.2, 0) is 11.2 Å². The van der Waals surface area contributed by atoms with Crippen molar-refractivity contribution in [2.75, 3.05) is 13.2 Å². The Kier molecular flexibility index (Phi) is 6.18. The predicted octanol–water partition coefficient (Wildman–Crippen LogP) is 0.313. The zero-order chi connectivity index (χ0) is 22.3. The molecule has 5 atom stereocenters. The molecular weight excluding hydrogens is 432 g/mol. The van der Waals surface area contributed by atoms with E-state index in [1.807, 2.05) is 0 Å². The first-order valence-electron chi connectivity index (χ1n) is 9.61. The van der Waals surface area contributed by atoms with E-state index in [4.69, 9.17) is 25.5 Å². The maximum absolute atomic E-state index is 12.6. The van der Waals surface area contributed by atoms with E-state index in [2.05, 4.69) is 0 Å². The molecule has 1 aromatic heterocycles. The fourth-order valence-electron chi connectivity index (χ4n) is 3.80. The van der Waals surface area contributed by atoms with Crippen LogP contribution in [-0.4, -0.2) is 69.5 Å². The first-order chi connectivity index (χ1) is 14.8. The average Bonchev–Trinajstić information content (AvgIpc) is 2.74. The Labute approximate surface area is 180 Å². The van der Waals surface area contributed by atoms with E-state index in [1.54, 1.807) is 18.2 Å². The van der Waals surface area contributed by atoms with Gasteiger partial charge in [0.05, 0.1) is 17.0 Å². The van der Waals surface area contributed by atoms with Crippen LogP contribution in [0.4, 0.5) is 0 Å². The summed E-state index contributed by atoms with van der Waals surface area (Å²) in [6, 6.07) is 8.03. The van der Waals surface area contributed by atoms with E-state index in [9.17, 15) is 30.3 Å². The first kappa shape index (κ1) is 22.0. The monoisotopic (exact) mass is 452 g/mol. The van der Waals surface area contributed by atoms with Crippen molar-refractivity contribution in [3.05, 3.63) is 51.3 Å². The van der Waals surface area contributed by atoms with Gasteiger partial charge in [0.2, 0.25) is 6.29 Å². The Hall–Kier alpha value is -2.24. The van der Waals surface area contributed by atoms with Crippen molar-refractivity contribution in [2.45, 2.75) is 37.1 Å². The topological polar surface area (TPSA) is 150 Å².